The number of anilines is 1. The van der Waals surface area contributed by atoms with Crippen molar-refractivity contribution >= 4 is 16.6 Å². The lowest BCUT2D eigenvalue weighted by molar-refractivity contribution is 0.753. The molecule has 0 aliphatic carbocycles. The number of aromatic nitrogens is 2. The fourth-order valence-electron chi connectivity index (χ4n) is 1.67. The number of hydrogen-bond acceptors (Lipinski definition) is 3. The Morgan fingerprint density at radius 1 is 1.44 bits per heavy atom. The summed E-state index contributed by atoms with van der Waals surface area (Å²) >= 11 is 0. The van der Waals surface area contributed by atoms with Gasteiger partial charge in [-0.1, -0.05) is 13.3 Å². The Hall–Kier alpha value is -1.84. The van der Waals surface area contributed by atoms with Crippen LogP contribution in [0.25, 0.3) is 10.9 Å². The first-order valence-corrected chi connectivity index (χ1v) is 5.49. The molecule has 4 heteroatoms. The van der Waals surface area contributed by atoms with Gasteiger partial charge in [0.15, 0.2) is 0 Å². The molecule has 0 unspecified atom stereocenters. The molecule has 84 valence electrons. The van der Waals surface area contributed by atoms with Crippen LogP contribution in [-0.2, 0) is 6.42 Å². The van der Waals surface area contributed by atoms with Crippen LogP contribution < -0.4 is 11.3 Å². The van der Waals surface area contributed by atoms with E-state index >= 15 is 0 Å². The molecule has 0 aliphatic heterocycles. The van der Waals surface area contributed by atoms with Gasteiger partial charge in [-0.2, -0.15) is 0 Å². The molecule has 0 bridgehead atoms. The minimum atomic E-state index is -0.108. The van der Waals surface area contributed by atoms with E-state index in [1.165, 1.54) is 0 Å². The molecule has 0 radical (unpaired) electrons. The summed E-state index contributed by atoms with van der Waals surface area (Å²) in [5, 5.41) is 0.556. The van der Waals surface area contributed by atoms with Crippen LogP contribution in [0.3, 0.4) is 0 Å². The second-order valence-electron chi connectivity index (χ2n) is 3.89. The lowest BCUT2D eigenvalue weighted by atomic mass is 10.2. The third-order valence-corrected chi connectivity index (χ3v) is 2.55. The van der Waals surface area contributed by atoms with Crippen molar-refractivity contribution in [1.82, 2.24) is 9.97 Å². The van der Waals surface area contributed by atoms with Crippen molar-refractivity contribution in [2.45, 2.75) is 26.2 Å². The fraction of sp³-hybridized carbons (Fsp3) is 0.333. The van der Waals surface area contributed by atoms with Crippen molar-refractivity contribution in [2.24, 2.45) is 0 Å². The zero-order valence-electron chi connectivity index (χ0n) is 9.29. The highest BCUT2D eigenvalue weighted by Crippen LogP contribution is 2.11. The number of fused-ring (bicyclic) bond motifs is 1. The van der Waals surface area contributed by atoms with E-state index in [1.54, 1.807) is 18.2 Å². The lowest BCUT2D eigenvalue weighted by Gasteiger charge is -2.02. The smallest absolute Gasteiger partial charge is 0.258 e. The SMILES string of the molecule is CCCCc1nc2ccc(N)cc2c(=O)[nH]1. The summed E-state index contributed by atoms with van der Waals surface area (Å²) in [6.45, 7) is 2.11. The number of nitrogen functional groups attached to an aromatic ring is 1. The largest absolute Gasteiger partial charge is 0.399 e. The van der Waals surface area contributed by atoms with Crippen LogP contribution >= 0.6 is 0 Å². The van der Waals surface area contributed by atoms with Crippen LogP contribution in [0.5, 0.6) is 0 Å². The highest BCUT2D eigenvalue weighted by molar-refractivity contribution is 5.80. The zero-order valence-corrected chi connectivity index (χ0v) is 9.29. The number of H-pyrrole nitrogens is 1. The summed E-state index contributed by atoms with van der Waals surface area (Å²) in [7, 11) is 0. The average molecular weight is 217 g/mol. The predicted octanol–water partition coefficient (Wildman–Crippen LogP) is 1.85. The van der Waals surface area contributed by atoms with E-state index in [4.69, 9.17) is 5.73 Å². The monoisotopic (exact) mass is 217 g/mol. The van der Waals surface area contributed by atoms with E-state index in [9.17, 15) is 4.79 Å². The summed E-state index contributed by atoms with van der Waals surface area (Å²) in [4.78, 5) is 19.0. The summed E-state index contributed by atoms with van der Waals surface area (Å²) in [5.41, 5.74) is 6.82. The number of nitrogens with one attached hydrogen (secondary N) is 1. The van der Waals surface area contributed by atoms with Crippen molar-refractivity contribution in [3.05, 3.63) is 34.4 Å². The highest BCUT2D eigenvalue weighted by atomic mass is 16.1. The van der Waals surface area contributed by atoms with Gasteiger partial charge in [-0.3, -0.25) is 4.79 Å². The minimum Gasteiger partial charge on any atom is -0.399 e. The normalized spacial score (nSPS) is 10.8. The number of unbranched alkanes of at least 4 members (excludes halogenated alkanes) is 1. The Balaban J connectivity index is 2.51. The number of rotatable bonds is 3. The summed E-state index contributed by atoms with van der Waals surface area (Å²) in [5.74, 6) is 0.754. The van der Waals surface area contributed by atoms with Gasteiger partial charge >= 0.3 is 0 Å². The molecule has 2 aromatic rings. The molecule has 4 nitrogen and oxygen atoms in total. The van der Waals surface area contributed by atoms with E-state index in [2.05, 4.69) is 16.9 Å². The second-order valence-corrected chi connectivity index (χ2v) is 3.89. The van der Waals surface area contributed by atoms with E-state index in [1.807, 2.05) is 0 Å². The van der Waals surface area contributed by atoms with Crippen LogP contribution in [0.15, 0.2) is 23.0 Å². The molecule has 0 fully saturated rings. The van der Waals surface area contributed by atoms with E-state index in [0.717, 1.165) is 25.1 Å². The van der Waals surface area contributed by atoms with Crippen LogP contribution in [-0.4, -0.2) is 9.97 Å². The topological polar surface area (TPSA) is 71.8 Å². The third-order valence-electron chi connectivity index (χ3n) is 2.55. The molecule has 0 aliphatic rings. The lowest BCUT2D eigenvalue weighted by Crippen LogP contribution is -2.12. The Bertz CT molecular complexity index is 560. The molecule has 0 spiro atoms. The van der Waals surface area contributed by atoms with E-state index < -0.39 is 0 Å². The van der Waals surface area contributed by atoms with E-state index in [0.29, 0.717) is 16.6 Å². The van der Waals surface area contributed by atoms with Crippen molar-refractivity contribution in [2.75, 3.05) is 5.73 Å². The number of benzene rings is 1. The van der Waals surface area contributed by atoms with Gasteiger partial charge in [-0.15, -0.1) is 0 Å². The van der Waals surface area contributed by atoms with Gasteiger partial charge in [0, 0.05) is 12.1 Å². The zero-order chi connectivity index (χ0) is 11.5. The Morgan fingerprint density at radius 3 is 3.00 bits per heavy atom. The number of aryl methyl sites for hydroxylation is 1. The summed E-state index contributed by atoms with van der Waals surface area (Å²) < 4.78 is 0. The van der Waals surface area contributed by atoms with Crippen molar-refractivity contribution in [3.63, 3.8) is 0 Å². The van der Waals surface area contributed by atoms with Gasteiger partial charge in [0.2, 0.25) is 0 Å². The molecular formula is C12H15N3O. The standard InChI is InChI=1S/C12H15N3O/c1-2-3-4-11-14-10-6-5-8(13)7-9(10)12(16)15-11/h5-7H,2-4,13H2,1H3,(H,14,15,16). The molecule has 16 heavy (non-hydrogen) atoms. The molecule has 0 atom stereocenters. The minimum absolute atomic E-state index is 0.108. The quantitative estimate of drug-likeness (QED) is 0.771. The first-order valence-electron chi connectivity index (χ1n) is 5.49. The first kappa shape index (κ1) is 10.7. The fourth-order valence-corrected chi connectivity index (χ4v) is 1.67. The summed E-state index contributed by atoms with van der Waals surface area (Å²) in [6, 6.07) is 5.21. The molecule has 0 saturated heterocycles. The molecule has 2 rings (SSSR count). The van der Waals surface area contributed by atoms with Crippen LogP contribution in [0.4, 0.5) is 5.69 Å². The van der Waals surface area contributed by atoms with Crippen LogP contribution in [0, 0.1) is 0 Å². The Kier molecular flexibility index (Phi) is 2.90. The van der Waals surface area contributed by atoms with Crippen LogP contribution in [0.2, 0.25) is 0 Å². The number of hydrogen-bond donors (Lipinski definition) is 2. The van der Waals surface area contributed by atoms with Crippen molar-refractivity contribution in [1.29, 1.82) is 0 Å². The Labute approximate surface area is 93.5 Å². The van der Waals surface area contributed by atoms with Gasteiger partial charge in [0.25, 0.3) is 5.56 Å². The van der Waals surface area contributed by atoms with Gasteiger partial charge in [0.1, 0.15) is 5.82 Å². The highest BCUT2D eigenvalue weighted by Gasteiger charge is 2.03. The molecule has 3 N–H and O–H groups in total. The van der Waals surface area contributed by atoms with Crippen LogP contribution in [0.1, 0.15) is 25.6 Å². The molecule has 1 aromatic heterocycles. The van der Waals surface area contributed by atoms with Gasteiger partial charge in [0.05, 0.1) is 10.9 Å². The third kappa shape index (κ3) is 2.05. The molecule has 1 heterocycles. The number of nitrogens with zero attached hydrogens (tertiary/aromatic N) is 1. The molecule has 0 saturated carbocycles. The van der Waals surface area contributed by atoms with E-state index in [-0.39, 0.29) is 5.56 Å². The molecule has 0 amide bonds. The molecule has 1 aromatic carbocycles. The second kappa shape index (κ2) is 4.35. The maximum absolute atomic E-state index is 11.8. The molecular weight excluding hydrogens is 202 g/mol. The van der Waals surface area contributed by atoms with Gasteiger partial charge in [-0.05, 0) is 24.6 Å². The van der Waals surface area contributed by atoms with Gasteiger partial charge < -0.3 is 10.7 Å². The predicted molar refractivity (Wildman–Crippen MR) is 65.4 cm³/mol. The first-order chi connectivity index (χ1) is 7.70. The maximum atomic E-state index is 11.8. The summed E-state index contributed by atoms with van der Waals surface area (Å²) in [6.07, 6.45) is 2.93. The Morgan fingerprint density at radius 2 is 2.25 bits per heavy atom. The van der Waals surface area contributed by atoms with Gasteiger partial charge in [-0.25, -0.2) is 4.98 Å². The number of aromatic amines is 1. The van der Waals surface area contributed by atoms with Crippen molar-refractivity contribution < 1.29 is 0 Å². The average Bonchev–Trinajstić information content (AvgIpc) is 2.27. The van der Waals surface area contributed by atoms with Crippen molar-refractivity contribution in [3.8, 4) is 0 Å². The maximum Gasteiger partial charge on any atom is 0.258 e. The number of nitrogens with two attached hydrogens (primary N) is 1.